The molecule has 0 amide bonds. The highest BCUT2D eigenvalue weighted by Crippen LogP contribution is 2.27. The minimum atomic E-state index is -0.537. The maximum absolute atomic E-state index is 13.2. The van der Waals surface area contributed by atoms with Crippen molar-refractivity contribution in [3.8, 4) is 0 Å². The quantitative estimate of drug-likeness (QED) is 0.541. The molecule has 0 spiro atoms. The van der Waals surface area contributed by atoms with Gasteiger partial charge < -0.3 is 15.0 Å². The third kappa shape index (κ3) is 3.21. The van der Waals surface area contributed by atoms with Gasteiger partial charge in [0, 0.05) is 23.1 Å². The average molecular weight is 349 g/mol. The van der Waals surface area contributed by atoms with Crippen LogP contribution < -0.4 is 5.32 Å². The number of methoxy groups -OCH3 is 1. The number of benzene rings is 1. The van der Waals surface area contributed by atoms with Crippen LogP contribution in [0.3, 0.4) is 0 Å². The number of para-hydroxylation sites is 1. The number of anilines is 2. The van der Waals surface area contributed by atoms with Gasteiger partial charge in [-0.25, -0.2) is 9.78 Å². The predicted octanol–water partition coefficient (Wildman–Crippen LogP) is 3.79. The summed E-state index contributed by atoms with van der Waals surface area (Å²) in [7, 11) is 1.30. The fraction of sp³-hybridized carbons (Fsp3) is 0.150. The standard InChI is InChI=1S/C20H19N3O3/c1-12-17(18(13(2)22-12)20(25)26-3)19(24)14-8-4-5-9-15(14)23-16-10-6-7-11-21-16/h4-11,22H,1-3H3,(H,21,23). The van der Waals surface area contributed by atoms with Crippen molar-refractivity contribution in [2.24, 2.45) is 0 Å². The normalized spacial score (nSPS) is 10.4. The SMILES string of the molecule is COC(=O)c1c(C)[nH]c(C)c1C(=O)c1ccccc1Nc1ccccn1. The van der Waals surface area contributed by atoms with Gasteiger partial charge in [-0.1, -0.05) is 18.2 Å². The summed E-state index contributed by atoms with van der Waals surface area (Å²) in [6.45, 7) is 3.51. The van der Waals surface area contributed by atoms with Gasteiger partial charge in [-0.05, 0) is 38.1 Å². The smallest absolute Gasteiger partial charge is 0.340 e. The average Bonchev–Trinajstić information content (AvgIpc) is 2.95. The van der Waals surface area contributed by atoms with E-state index < -0.39 is 5.97 Å². The van der Waals surface area contributed by atoms with Crippen molar-refractivity contribution in [1.82, 2.24) is 9.97 Å². The molecule has 0 bridgehead atoms. The van der Waals surface area contributed by atoms with Crippen molar-refractivity contribution in [3.05, 3.63) is 76.7 Å². The van der Waals surface area contributed by atoms with E-state index in [9.17, 15) is 9.59 Å². The van der Waals surface area contributed by atoms with Crippen molar-refractivity contribution in [1.29, 1.82) is 0 Å². The first-order chi connectivity index (χ1) is 12.5. The topological polar surface area (TPSA) is 84.1 Å². The molecule has 26 heavy (non-hydrogen) atoms. The molecule has 0 aliphatic carbocycles. The Morgan fingerprint density at radius 2 is 1.69 bits per heavy atom. The summed E-state index contributed by atoms with van der Waals surface area (Å²) in [5.41, 5.74) is 2.89. The van der Waals surface area contributed by atoms with Crippen LogP contribution in [0.15, 0.2) is 48.7 Å². The number of aromatic amines is 1. The number of esters is 1. The zero-order valence-corrected chi connectivity index (χ0v) is 14.8. The first-order valence-corrected chi connectivity index (χ1v) is 8.12. The lowest BCUT2D eigenvalue weighted by Crippen LogP contribution is -2.12. The van der Waals surface area contributed by atoms with Gasteiger partial charge in [-0.15, -0.1) is 0 Å². The van der Waals surface area contributed by atoms with Crippen molar-refractivity contribution in [2.75, 3.05) is 12.4 Å². The summed E-state index contributed by atoms with van der Waals surface area (Å²) in [6.07, 6.45) is 1.67. The summed E-state index contributed by atoms with van der Waals surface area (Å²) < 4.78 is 4.85. The first-order valence-electron chi connectivity index (χ1n) is 8.12. The van der Waals surface area contributed by atoms with Gasteiger partial charge in [-0.2, -0.15) is 0 Å². The molecule has 0 aliphatic heterocycles. The molecule has 0 saturated heterocycles. The predicted molar refractivity (Wildman–Crippen MR) is 99.0 cm³/mol. The van der Waals surface area contributed by atoms with Crippen molar-refractivity contribution in [2.45, 2.75) is 13.8 Å². The molecule has 2 N–H and O–H groups in total. The van der Waals surface area contributed by atoms with Gasteiger partial charge in [0.05, 0.1) is 23.9 Å². The minimum Gasteiger partial charge on any atom is -0.465 e. The third-order valence-electron chi connectivity index (χ3n) is 4.09. The number of ketones is 1. The molecule has 6 nitrogen and oxygen atoms in total. The first kappa shape index (κ1) is 17.4. The van der Waals surface area contributed by atoms with Gasteiger partial charge in [0.2, 0.25) is 0 Å². The second-order valence-electron chi connectivity index (χ2n) is 5.83. The monoisotopic (exact) mass is 349 g/mol. The molecule has 1 aromatic carbocycles. The van der Waals surface area contributed by atoms with Crippen LogP contribution in [0, 0.1) is 13.8 Å². The van der Waals surface area contributed by atoms with Gasteiger partial charge in [0.15, 0.2) is 5.78 Å². The minimum absolute atomic E-state index is 0.258. The lowest BCUT2D eigenvalue weighted by molar-refractivity contribution is 0.0597. The molecule has 2 heterocycles. The van der Waals surface area contributed by atoms with E-state index >= 15 is 0 Å². The Hall–Kier alpha value is -3.41. The molecule has 0 fully saturated rings. The van der Waals surface area contributed by atoms with Crippen LogP contribution in [0.4, 0.5) is 11.5 Å². The van der Waals surface area contributed by atoms with Gasteiger partial charge in [0.25, 0.3) is 0 Å². The molecule has 6 heteroatoms. The molecule has 3 aromatic rings. The number of nitrogens with one attached hydrogen (secondary N) is 2. The Kier molecular flexibility index (Phi) is 4.84. The van der Waals surface area contributed by atoms with E-state index in [0.717, 1.165) is 0 Å². The van der Waals surface area contributed by atoms with Gasteiger partial charge in [-0.3, -0.25) is 4.79 Å². The van der Waals surface area contributed by atoms with Crippen LogP contribution in [0.1, 0.15) is 37.7 Å². The molecule has 3 rings (SSSR count). The fourth-order valence-corrected chi connectivity index (χ4v) is 2.92. The summed E-state index contributed by atoms with van der Waals surface area (Å²) in [4.78, 5) is 32.7. The number of carbonyl (C=O) groups excluding carboxylic acids is 2. The lowest BCUT2D eigenvalue weighted by Gasteiger charge is -2.11. The molecule has 132 valence electrons. The van der Waals surface area contributed by atoms with Crippen LogP contribution in [-0.2, 0) is 4.74 Å². The highest BCUT2D eigenvalue weighted by atomic mass is 16.5. The number of rotatable bonds is 5. The van der Waals surface area contributed by atoms with Crippen LogP contribution in [-0.4, -0.2) is 28.8 Å². The molecular weight excluding hydrogens is 330 g/mol. The van der Waals surface area contributed by atoms with Crippen molar-refractivity contribution in [3.63, 3.8) is 0 Å². The molecule has 0 radical (unpaired) electrons. The number of ether oxygens (including phenoxy) is 1. The Balaban J connectivity index is 2.06. The Morgan fingerprint density at radius 1 is 1.00 bits per heavy atom. The number of aromatic nitrogens is 2. The number of aryl methyl sites for hydroxylation is 2. The maximum Gasteiger partial charge on any atom is 0.340 e. The van der Waals surface area contributed by atoms with Crippen LogP contribution in [0.2, 0.25) is 0 Å². The summed E-state index contributed by atoms with van der Waals surface area (Å²) in [5.74, 6) is -0.167. The van der Waals surface area contributed by atoms with Gasteiger partial charge in [0.1, 0.15) is 5.82 Å². The van der Waals surface area contributed by atoms with E-state index in [4.69, 9.17) is 4.74 Å². The number of pyridine rings is 1. The van der Waals surface area contributed by atoms with E-state index in [1.807, 2.05) is 24.3 Å². The number of nitrogens with zero attached hydrogens (tertiary/aromatic N) is 1. The molecule has 2 aromatic heterocycles. The molecule has 0 aliphatic rings. The molecule has 0 atom stereocenters. The van der Waals surface area contributed by atoms with E-state index in [1.54, 1.807) is 38.2 Å². The van der Waals surface area contributed by atoms with Crippen LogP contribution in [0.25, 0.3) is 0 Å². The zero-order valence-electron chi connectivity index (χ0n) is 14.8. The molecule has 0 unspecified atom stereocenters. The molecule has 0 saturated carbocycles. The Bertz CT molecular complexity index is 962. The number of hydrogen-bond acceptors (Lipinski definition) is 5. The number of carbonyl (C=O) groups is 2. The Morgan fingerprint density at radius 3 is 2.38 bits per heavy atom. The second kappa shape index (κ2) is 7.23. The summed E-state index contributed by atoms with van der Waals surface area (Å²) in [5, 5.41) is 3.15. The van der Waals surface area contributed by atoms with E-state index in [-0.39, 0.29) is 11.3 Å². The lowest BCUT2D eigenvalue weighted by atomic mass is 9.97. The van der Waals surface area contributed by atoms with E-state index in [1.165, 1.54) is 7.11 Å². The van der Waals surface area contributed by atoms with Crippen LogP contribution in [0.5, 0.6) is 0 Å². The van der Waals surface area contributed by atoms with Crippen molar-refractivity contribution < 1.29 is 14.3 Å². The summed E-state index contributed by atoms with van der Waals surface area (Å²) in [6, 6.07) is 12.6. The Labute approximate surface area is 151 Å². The highest BCUT2D eigenvalue weighted by molar-refractivity contribution is 6.18. The molecular formula is C20H19N3O3. The highest BCUT2D eigenvalue weighted by Gasteiger charge is 2.27. The maximum atomic E-state index is 13.2. The summed E-state index contributed by atoms with van der Waals surface area (Å²) >= 11 is 0. The zero-order chi connectivity index (χ0) is 18.7. The number of H-pyrrole nitrogens is 1. The fourth-order valence-electron chi connectivity index (χ4n) is 2.92. The third-order valence-corrected chi connectivity index (χ3v) is 4.09. The van der Waals surface area contributed by atoms with Crippen LogP contribution >= 0.6 is 0 Å². The van der Waals surface area contributed by atoms with E-state index in [0.29, 0.717) is 34.0 Å². The second-order valence-corrected chi connectivity index (χ2v) is 5.83. The number of hydrogen-bond donors (Lipinski definition) is 2. The van der Waals surface area contributed by atoms with Crippen molar-refractivity contribution >= 4 is 23.3 Å². The van der Waals surface area contributed by atoms with Gasteiger partial charge >= 0.3 is 5.97 Å². The largest absolute Gasteiger partial charge is 0.465 e. The van der Waals surface area contributed by atoms with E-state index in [2.05, 4.69) is 15.3 Å².